The first-order chi connectivity index (χ1) is 30.6. The van der Waals surface area contributed by atoms with E-state index < -0.39 is 6.10 Å². The van der Waals surface area contributed by atoms with Crippen molar-refractivity contribution in [2.75, 3.05) is 19.8 Å². The first-order valence-electron chi connectivity index (χ1n) is 26.1. The highest BCUT2D eigenvalue weighted by molar-refractivity contribution is 5.70. The van der Waals surface area contributed by atoms with Gasteiger partial charge in [0.1, 0.15) is 6.61 Å². The van der Waals surface area contributed by atoms with Gasteiger partial charge in [0, 0.05) is 19.4 Å². The van der Waals surface area contributed by atoms with Crippen molar-refractivity contribution in [3.05, 3.63) is 85.1 Å². The van der Waals surface area contributed by atoms with Gasteiger partial charge in [0.2, 0.25) is 0 Å². The number of esters is 2. The van der Waals surface area contributed by atoms with Gasteiger partial charge in [-0.25, -0.2) is 0 Å². The third kappa shape index (κ3) is 49.7. The Bertz CT molecular complexity index is 1160. The van der Waals surface area contributed by atoms with Crippen LogP contribution in [0.4, 0.5) is 0 Å². The second-order valence-corrected chi connectivity index (χ2v) is 17.0. The monoisotopic (exact) mass is 863 g/mol. The van der Waals surface area contributed by atoms with Gasteiger partial charge < -0.3 is 14.2 Å². The Kier molecular flexibility index (Phi) is 50.0. The Balaban J connectivity index is 4.34. The Morgan fingerprint density at radius 2 is 0.758 bits per heavy atom. The van der Waals surface area contributed by atoms with Crippen LogP contribution < -0.4 is 0 Å². The summed E-state index contributed by atoms with van der Waals surface area (Å²) in [4.78, 5) is 25.4. The van der Waals surface area contributed by atoms with Gasteiger partial charge in [0.15, 0.2) is 6.10 Å². The lowest BCUT2D eigenvalue weighted by Crippen LogP contribution is -2.30. The molecule has 0 rings (SSSR count). The first-order valence-corrected chi connectivity index (χ1v) is 26.1. The maximum atomic E-state index is 12.8. The van der Waals surface area contributed by atoms with E-state index in [9.17, 15) is 9.59 Å². The lowest BCUT2D eigenvalue weighted by Gasteiger charge is -2.18. The van der Waals surface area contributed by atoms with Crippen molar-refractivity contribution in [3.8, 4) is 0 Å². The standard InChI is InChI=1S/C57H98O5/c1-4-7-10-13-16-19-22-25-27-29-30-33-35-38-41-44-47-50-56(58)61-54-55(62-57(59)51-48-45-42-39-36-32-24-21-18-15-12-9-6-3)53-60-52-49-46-43-40-37-34-31-28-26-23-20-17-14-11-8-5-2/h8,11-12,15,17,20-21,24-28,34,37,55H,4-7,9-10,13-14,16,18-19,22-23,29-33,35-36,38-54H2,1-3H3/b11-8-,15-12-,20-17-,24-21-,27-25-,28-26-,37-34-. The van der Waals surface area contributed by atoms with Gasteiger partial charge in [-0.3, -0.25) is 9.59 Å². The molecule has 0 N–H and O–H groups in total. The fourth-order valence-electron chi connectivity index (χ4n) is 7.00. The van der Waals surface area contributed by atoms with Crippen LogP contribution in [0.3, 0.4) is 0 Å². The summed E-state index contributed by atoms with van der Waals surface area (Å²) in [6.45, 7) is 7.56. The summed E-state index contributed by atoms with van der Waals surface area (Å²) in [5, 5.41) is 0. The number of carbonyl (C=O) groups is 2. The molecule has 0 aliphatic heterocycles. The molecule has 0 bridgehead atoms. The smallest absolute Gasteiger partial charge is 0.306 e. The fourth-order valence-corrected chi connectivity index (χ4v) is 7.00. The minimum absolute atomic E-state index is 0.0612. The predicted molar refractivity (Wildman–Crippen MR) is 270 cm³/mol. The third-order valence-corrected chi connectivity index (χ3v) is 10.9. The summed E-state index contributed by atoms with van der Waals surface area (Å²) in [7, 11) is 0. The van der Waals surface area contributed by atoms with Crippen molar-refractivity contribution in [1.29, 1.82) is 0 Å². The SMILES string of the molecule is CC/C=C\C/C=C\C/C=C\C/C=C\CCCCCOCC(COC(=O)CCCCCCCCC/C=C\CCCCCCCC)OC(=O)CCCCCCC/C=C\C/C=C\CCC. The second kappa shape index (κ2) is 52.4. The topological polar surface area (TPSA) is 61.8 Å². The van der Waals surface area contributed by atoms with E-state index in [-0.39, 0.29) is 25.2 Å². The first kappa shape index (κ1) is 59.1. The van der Waals surface area contributed by atoms with Gasteiger partial charge in [-0.15, -0.1) is 0 Å². The molecule has 0 saturated carbocycles. The van der Waals surface area contributed by atoms with Crippen LogP contribution in [0, 0.1) is 0 Å². The maximum absolute atomic E-state index is 12.8. The van der Waals surface area contributed by atoms with Crippen LogP contribution in [0.1, 0.15) is 239 Å². The van der Waals surface area contributed by atoms with Gasteiger partial charge in [0.25, 0.3) is 0 Å². The highest BCUT2D eigenvalue weighted by atomic mass is 16.6. The largest absolute Gasteiger partial charge is 0.462 e. The van der Waals surface area contributed by atoms with Crippen LogP contribution in [-0.4, -0.2) is 37.9 Å². The number of hydrogen-bond donors (Lipinski definition) is 0. The summed E-state index contributed by atoms with van der Waals surface area (Å²) in [6, 6.07) is 0. The van der Waals surface area contributed by atoms with Crippen LogP contribution in [-0.2, 0) is 23.8 Å². The molecule has 0 aliphatic rings. The van der Waals surface area contributed by atoms with E-state index in [1.54, 1.807) is 0 Å². The molecule has 1 unspecified atom stereocenters. The van der Waals surface area contributed by atoms with E-state index >= 15 is 0 Å². The van der Waals surface area contributed by atoms with Crippen molar-refractivity contribution >= 4 is 11.9 Å². The molecule has 0 radical (unpaired) electrons. The van der Waals surface area contributed by atoms with Crippen molar-refractivity contribution < 1.29 is 23.8 Å². The summed E-state index contributed by atoms with van der Waals surface area (Å²) >= 11 is 0. The van der Waals surface area contributed by atoms with Gasteiger partial charge >= 0.3 is 11.9 Å². The van der Waals surface area contributed by atoms with Gasteiger partial charge in [-0.2, -0.15) is 0 Å². The van der Waals surface area contributed by atoms with Crippen LogP contribution in [0.25, 0.3) is 0 Å². The Morgan fingerprint density at radius 1 is 0.371 bits per heavy atom. The molecule has 5 nitrogen and oxygen atoms in total. The molecule has 0 aliphatic carbocycles. The predicted octanol–water partition coefficient (Wildman–Crippen LogP) is 17.7. The molecule has 0 amide bonds. The lowest BCUT2D eigenvalue weighted by molar-refractivity contribution is -0.163. The molecule has 0 aromatic rings. The van der Waals surface area contributed by atoms with Crippen molar-refractivity contribution in [1.82, 2.24) is 0 Å². The summed E-state index contributed by atoms with van der Waals surface area (Å²) < 4.78 is 17.4. The van der Waals surface area contributed by atoms with Gasteiger partial charge in [-0.1, -0.05) is 202 Å². The maximum Gasteiger partial charge on any atom is 0.306 e. The zero-order chi connectivity index (χ0) is 44.9. The molecular weight excluding hydrogens is 765 g/mol. The van der Waals surface area contributed by atoms with E-state index in [4.69, 9.17) is 14.2 Å². The Morgan fingerprint density at radius 3 is 1.24 bits per heavy atom. The van der Waals surface area contributed by atoms with Crippen molar-refractivity contribution in [3.63, 3.8) is 0 Å². The highest BCUT2D eigenvalue weighted by Crippen LogP contribution is 2.13. The number of allylic oxidation sites excluding steroid dienone is 14. The zero-order valence-corrected chi connectivity index (χ0v) is 40.9. The van der Waals surface area contributed by atoms with E-state index in [1.807, 2.05) is 0 Å². The van der Waals surface area contributed by atoms with E-state index in [0.717, 1.165) is 109 Å². The van der Waals surface area contributed by atoms with Crippen LogP contribution in [0.2, 0.25) is 0 Å². The minimum atomic E-state index is -0.565. The summed E-state index contributed by atoms with van der Waals surface area (Å²) in [5.74, 6) is -0.437. The number of unbranched alkanes of at least 4 members (excludes halogenated alkanes) is 22. The molecule has 0 saturated heterocycles. The van der Waals surface area contributed by atoms with Crippen LogP contribution in [0.15, 0.2) is 85.1 Å². The summed E-state index contributed by atoms with van der Waals surface area (Å²) in [6.07, 6.45) is 68.8. The van der Waals surface area contributed by atoms with Crippen molar-refractivity contribution in [2.24, 2.45) is 0 Å². The molecule has 0 fully saturated rings. The van der Waals surface area contributed by atoms with Gasteiger partial charge in [-0.05, 0) is 109 Å². The van der Waals surface area contributed by atoms with E-state index in [0.29, 0.717) is 19.4 Å². The molecule has 0 aromatic heterocycles. The normalized spacial score (nSPS) is 12.9. The second-order valence-electron chi connectivity index (χ2n) is 17.0. The fraction of sp³-hybridized carbons (Fsp3) is 0.719. The minimum Gasteiger partial charge on any atom is -0.462 e. The number of ether oxygens (including phenoxy) is 3. The van der Waals surface area contributed by atoms with Crippen molar-refractivity contribution in [2.45, 2.75) is 245 Å². The number of hydrogen-bond acceptors (Lipinski definition) is 5. The third-order valence-electron chi connectivity index (χ3n) is 10.9. The van der Waals surface area contributed by atoms with E-state index in [2.05, 4.69) is 106 Å². The molecule has 356 valence electrons. The average Bonchev–Trinajstić information content (AvgIpc) is 3.27. The molecule has 1 atom stereocenters. The quantitative estimate of drug-likeness (QED) is 0.0346. The van der Waals surface area contributed by atoms with Crippen LogP contribution in [0.5, 0.6) is 0 Å². The van der Waals surface area contributed by atoms with E-state index in [1.165, 1.54) is 96.3 Å². The molecule has 5 heteroatoms. The van der Waals surface area contributed by atoms with Gasteiger partial charge in [0.05, 0.1) is 6.61 Å². The molecule has 0 heterocycles. The zero-order valence-electron chi connectivity index (χ0n) is 40.9. The number of rotatable bonds is 47. The highest BCUT2D eigenvalue weighted by Gasteiger charge is 2.17. The molecule has 0 aromatic carbocycles. The summed E-state index contributed by atoms with van der Waals surface area (Å²) in [5.41, 5.74) is 0. The van der Waals surface area contributed by atoms with Crippen LogP contribution >= 0.6 is 0 Å². The average molecular weight is 863 g/mol. The molecular formula is C57H98O5. The lowest BCUT2D eigenvalue weighted by atomic mass is 10.1. The molecule has 0 spiro atoms. The Hall–Kier alpha value is -2.92. The molecule has 62 heavy (non-hydrogen) atoms. The number of carbonyl (C=O) groups excluding carboxylic acids is 2. The Labute approximate surface area is 384 Å².